The average molecular weight is 217 g/mol. The normalized spacial score (nSPS) is 13.8. The second kappa shape index (κ2) is 7.21. The molecule has 12 heavy (non-hydrogen) atoms. The van der Waals surface area contributed by atoms with Gasteiger partial charge in [-0.1, -0.05) is 17.9 Å². The predicted molar refractivity (Wildman–Crippen MR) is 44.3 cm³/mol. The third-order valence-electron chi connectivity index (χ3n) is 0.657. The number of nitrogens with one attached hydrogen (secondary N) is 1. The number of carbonyl (C=O) groups is 1. The summed E-state index contributed by atoms with van der Waals surface area (Å²) < 4.78 is 4.61. The van der Waals surface area contributed by atoms with Crippen LogP contribution in [0.1, 0.15) is 6.92 Å². The van der Waals surface area contributed by atoms with Crippen LogP contribution in [-0.2, 0) is 21.1 Å². The molecule has 1 N–H and O–H groups in total. The van der Waals surface area contributed by atoms with E-state index in [1.165, 1.54) is 13.0 Å². The summed E-state index contributed by atoms with van der Waals surface area (Å²) in [7, 11) is 0. The summed E-state index contributed by atoms with van der Waals surface area (Å²) in [6.45, 7) is 1.27. The fourth-order valence-corrected chi connectivity index (χ4v) is 1.70. The van der Waals surface area contributed by atoms with Crippen molar-refractivity contribution in [2.24, 2.45) is 0 Å². The summed E-state index contributed by atoms with van der Waals surface area (Å²) in [6, 6.07) is 0. The van der Waals surface area contributed by atoms with Gasteiger partial charge in [-0.05, 0) is 0 Å². The van der Waals surface area contributed by atoms with Gasteiger partial charge in [-0.25, -0.2) is 0 Å². The van der Waals surface area contributed by atoms with Crippen LogP contribution in [0.4, 0.5) is 0 Å². The van der Waals surface area contributed by atoms with E-state index in [1.54, 1.807) is 0 Å². The minimum Gasteiger partial charge on any atom is -0.785 e. The van der Waals surface area contributed by atoms with Crippen LogP contribution in [0, 0.1) is 0 Å². The van der Waals surface area contributed by atoms with Gasteiger partial charge in [0.1, 0.15) is 0 Å². The number of carbonyl (C=O) groups excluding carboxylic acids is 1. The van der Waals surface area contributed by atoms with E-state index in [2.05, 4.69) is 22.9 Å². The topological polar surface area (TPSA) is 61.4 Å². The molecule has 0 heterocycles. The first-order valence-corrected chi connectivity index (χ1v) is 5.47. The van der Waals surface area contributed by atoms with E-state index < -0.39 is 12.5 Å². The standard InChI is InChI=1S/C5H10NO3PS.Na/c1-3-4-9-10(8,11)6-5(2)7;/h3H,1,4H2,2H3,(H2,6,7,8,11);/q;+1/p-1. The van der Waals surface area contributed by atoms with Crippen molar-refractivity contribution in [1.82, 2.24) is 5.09 Å². The van der Waals surface area contributed by atoms with Gasteiger partial charge in [-0.3, -0.25) is 4.79 Å². The monoisotopic (exact) mass is 217 g/mol. The van der Waals surface area contributed by atoms with Gasteiger partial charge in [0.25, 0.3) is 0 Å². The first-order chi connectivity index (χ1) is 4.98. The van der Waals surface area contributed by atoms with Crippen LogP contribution in [0.5, 0.6) is 0 Å². The van der Waals surface area contributed by atoms with Crippen molar-refractivity contribution in [2.45, 2.75) is 6.92 Å². The minimum atomic E-state index is -3.35. The predicted octanol–water partition coefficient (Wildman–Crippen LogP) is -3.09. The molecule has 0 bridgehead atoms. The largest absolute Gasteiger partial charge is 1.00 e. The van der Waals surface area contributed by atoms with Gasteiger partial charge in [0, 0.05) is 6.92 Å². The maximum atomic E-state index is 11.0. The van der Waals surface area contributed by atoms with Gasteiger partial charge < -0.3 is 14.5 Å². The SMILES string of the molecule is C=CCOP([O-])(=S)NC(C)=O.[Na+]. The van der Waals surface area contributed by atoms with E-state index in [4.69, 9.17) is 0 Å². The summed E-state index contributed by atoms with van der Waals surface area (Å²) >= 11 is 4.44. The van der Waals surface area contributed by atoms with Gasteiger partial charge >= 0.3 is 29.6 Å². The molecule has 1 unspecified atom stereocenters. The Kier molecular flexibility index (Phi) is 9.17. The van der Waals surface area contributed by atoms with Crippen LogP contribution in [0.3, 0.4) is 0 Å². The van der Waals surface area contributed by atoms with E-state index in [1.807, 2.05) is 5.09 Å². The summed E-state index contributed by atoms with van der Waals surface area (Å²) in [5, 5.41) is 2.02. The first kappa shape index (κ1) is 15.3. The fourth-order valence-electron chi connectivity index (χ4n) is 0.376. The quantitative estimate of drug-likeness (QED) is 0.308. The van der Waals surface area contributed by atoms with Gasteiger partial charge in [-0.2, -0.15) is 0 Å². The zero-order valence-electron chi connectivity index (χ0n) is 7.07. The Morgan fingerprint density at radius 2 is 2.42 bits per heavy atom. The molecule has 64 valence electrons. The Labute approximate surface area is 98.9 Å². The van der Waals surface area contributed by atoms with Gasteiger partial charge in [-0.15, -0.1) is 6.58 Å². The summed E-state index contributed by atoms with van der Waals surface area (Å²) in [4.78, 5) is 21.4. The number of rotatable bonds is 4. The second-order valence-corrected chi connectivity index (χ2v) is 4.67. The van der Waals surface area contributed by atoms with Crippen molar-refractivity contribution >= 4 is 24.4 Å². The van der Waals surface area contributed by atoms with Crippen LogP contribution < -0.4 is 39.5 Å². The Bertz CT molecular complexity index is 211. The summed E-state index contributed by atoms with van der Waals surface area (Å²) in [6.07, 6.45) is 1.40. The van der Waals surface area contributed by atoms with Gasteiger partial charge in [0.2, 0.25) is 5.91 Å². The van der Waals surface area contributed by atoms with Crippen LogP contribution in [0.15, 0.2) is 12.7 Å². The van der Waals surface area contributed by atoms with E-state index in [-0.39, 0.29) is 36.2 Å². The molecule has 0 saturated heterocycles. The zero-order valence-corrected chi connectivity index (χ0v) is 10.8. The molecule has 0 aliphatic rings. The third-order valence-corrected chi connectivity index (χ3v) is 2.32. The Morgan fingerprint density at radius 3 is 2.75 bits per heavy atom. The molecule has 0 fully saturated rings. The van der Waals surface area contributed by atoms with Crippen molar-refractivity contribution in [3.8, 4) is 0 Å². The second-order valence-electron chi connectivity index (χ2n) is 1.75. The van der Waals surface area contributed by atoms with Gasteiger partial charge in [0.05, 0.1) is 13.2 Å². The Hall–Kier alpha value is 0.780. The molecule has 7 heteroatoms. The minimum absolute atomic E-state index is 0. The van der Waals surface area contributed by atoms with Crippen molar-refractivity contribution in [3.05, 3.63) is 12.7 Å². The first-order valence-electron chi connectivity index (χ1n) is 2.83. The molecule has 0 aliphatic heterocycles. The summed E-state index contributed by atoms with van der Waals surface area (Å²) in [5.74, 6) is -0.465. The molecule has 0 spiro atoms. The molecule has 0 radical (unpaired) electrons. The maximum Gasteiger partial charge on any atom is 1.00 e. The summed E-state index contributed by atoms with van der Waals surface area (Å²) in [5.41, 5.74) is 0. The van der Waals surface area contributed by atoms with Crippen LogP contribution in [0.2, 0.25) is 0 Å². The van der Waals surface area contributed by atoms with Crippen LogP contribution in [-0.4, -0.2) is 12.5 Å². The molecular weight excluding hydrogens is 208 g/mol. The Balaban J connectivity index is 0. The van der Waals surface area contributed by atoms with Crippen LogP contribution >= 0.6 is 6.64 Å². The number of amides is 1. The van der Waals surface area contributed by atoms with Crippen molar-refractivity contribution in [2.75, 3.05) is 6.61 Å². The molecule has 0 aromatic heterocycles. The number of hydrogen-bond acceptors (Lipinski definition) is 4. The van der Waals surface area contributed by atoms with E-state index in [0.29, 0.717) is 0 Å². The Morgan fingerprint density at radius 1 is 1.92 bits per heavy atom. The molecule has 0 aromatic carbocycles. The van der Waals surface area contributed by atoms with Crippen LogP contribution in [0.25, 0.3) is 0 Å². The van der Waals surface area contributed by atoms with E-state index in [9.17, 15) is 9.69 Å². The molecule has 4 nitrogen and oxygen atoms in total. The van der Waals surface area contributed by atoms with E-state index >= 15 is 0 Å². The third kappa shape index (κ3) is 8.87. The molecular formula is C5H9NNaO3PS. The molecule has 0 aromatic rings. The maximum absolute atomic E-state index is 11.0. The molecule has 0 saturated carbocycles. The average Bonchev–Trinajstić information content (AvgIpc) is 1.81. The van der Waals surface area contributed by atoms with Gasteiger partial charge in [0.15, 0.2) is 0 Å². The zero-order chi connectivity index (χ0) is 8.91. The van der Waals surface area contributed by atoms with Crippen molar-refractivity contribution in [3.63, 3.8) is 0 Å². The number of hydrogen-bond donors (Lipinski definition) is 1. The fraction of sp³-hybridized carbons (Fsp3) is 0.400. The molecule has 1 amide bonds. The molecule has 0 rings (SSSR count). The molecule has 1 atom stereocenters. The van der Waals surface area contributed by atoms with Crippen molar-refractivity contribution in [1.29, 1.82) is 0 Å². The molecule has 0 aliphatic carbocycles. The van der Waals surface area contributed by atoms with E-state index in [0.717, 1.165) is 0 Å². The smallest absolute Gasteiger partial charge is 0.785 e. The van der Waals surface area contributed by atoms with Crippen molar-refractivity contribution < 1.29 is 43.8 Å².